The summed E-state index contributed by atoms with van der Waals surface area (Å²) in [4.78, 5) is 15.9. The normalized spacial score (nSPS) is 9.37. The first-order valence-electron chi connectivity index (χ1n) is 5.52. The van der Waals surface area contributed by atoms with Gasteiger partial charge in [0.25, 0.3) is 0 Å². The lowest BCUT2D eigenvalue weighted by atomic mass is 10.1. The van der Waals surface area contributed by atoms with Gasteiger partial charge in [-0.2, -0.15) is 0 Å². The number of methoxy groups -OCH3 is 1. The molecule has 1 aromatic heterocycles. The molecule has 0 aliphatic heterocycles. The number of aromatic nitrogens is 1. The molecule has 4 heteroatoms. The van der Waals surface area contributed by atoms with E-state index >= 15 is 0 Å². The van der Waals surface area contributed by atoms with Crippen LogP contribution < -0.4 is 4.74 Å². The number of carbonyl (C=O) groups is 1. The molecule has 0 aliphatic rings. The largest absolute Gasteiger partial charge is 0.493 e. The van der Waals surface area contributed by atoms with Crippen molar-refractivity contribution in [1.29, 1.82) is 0 Å². The Balaban J connectivity index is 2.32. The van der Waals surface area contributed by atoms with E-state index in [9.17, 15) is 4.79 Å². The van der Waals surface area contributed by atoms with E-state index in [1.807, 2.05) is 30.3 Å². The van der Waals surface area contributed by atoms with Crippen molar-refractivity contribution < 1.29 is 9.53 Å². The second-order valence-electron chi connectivity index (χ2n) is 3.63. The summed E-state index contributed by atoms with van der Waals surface area (Å²) in [5.74, 6) is 5.25. The first kappa shape index (κ1) is 13.1. The third-order valence-corrected chi connectivity index (χ3v) is 2.67. The summed E-state index contributed by atoms with van der Waals surface area (Å²) in [5.41, 5.74) is 1.08. The van der Waals surface area contributed by atoms with Gasteiger partial charge in [-0.25, -0.2) is 4.98 Å². The van der Waals surface area contributed by atoms with Crippen molar-refractivity contribution in [3.63, 3.8) is 0 Å². The first-order valence-corrected chi connectivity index (χ1v) is 5.90. The molecule has 2 aromatic rings. The average Bonchev–Trinajstić information content (AvgIpc) is 2.45. The fourth-order valence-corrected chi connectivity index (χ4v) is 1.75. The Kier molecular flexibility index (Phi) is 4.17. The molecule has 3 nitrogen and oxygen atoms in total. The van der Waals surface area contributed by atoms with Gasteiger partial charge in [-0.3, -0.25) is 4.79 Å². The molecule has 0 atom stereocenters. The Morgan fingerprint density at radius 3 is 2.68 bits per heavy atom. The van der Waals surface area contributed by atoms with Gasteiger partial charge in [0.15, 0.2) is 10.9 Å². The van der Waals surface area contributed by atoms with Crippen LogP contribution >= 0.6 is 11.6 Å². The Bertz CT molecular complexity index is 657. The zero-order valence-electron chi connectivity index (χ0n) is 10.2. The summed E-state index contributed by atoms with van der Waals surface area (Å²) >= 11 is 5.85. The Morgan fingerprint density at radius 2 is 2.00 bits per heavy atom. The van der Waals surface area contributed by atoms with Crippen LogP contribution in [0.15, 0.2) is 42.6 Å². The minimum atomic E-state index is -0.356. The number of ether oxygens (including phenoxy) is 1. The molecule has 0 bridgehead atoms. The van der Waals surface area contributed by atoms with Crippen LogP contribution in [0.3, 0.4) is 0 Å². The maximum atomic E-state index is 12.0. The van der Waals surface area contributed by atoms with Crippen LogP contribution in [-0.4, -0.2) is 17.9 Å². The number of benzene rings is 1. The molecule has 0 spiro atoms. The Morgan fingerprint density at radius 1 is 1.26 bits per heavy atom. The van der Waals surface area contributed by atoms with Crippen molar-refractivity contribution in [3.05, 3.63) is 58.9 Å². The van der Waals surface area contributed by atoms with E-state index in [1.54, 1.807) is 0 Å². The summed E-state index contributed by atoms with van der Waals surface area (Å²) in [6.45, 7) is 0. The van der Waals surface area contributed by atoms with E-state index < -0.39 is 0 Å². The number of Topliss-reactive ketones (excluding diaryl/α,β-unsaturated/α-hetero) is 1. The molecule has 0 saturated heterocycles. The predicted molar refractivity (Wildman–Crippen MR) is 73.4 cm³/mol. The number of pyridine rings is 1. The smallest absolute Gasteiger partial charge is 0.240 e. The van der Waals surface area contributed by atoms with Gasteiger partial charge in [0.2, 0.25) is 5.78 Å². The van der Waals surface area contributed by atoms with Crippen molar-refractivity contribution in [3.8, 4) is 17.6 Å². The number of rotatable bonds is 2. The number of carbonyl (C=O) groups excluding carboxylic acids is 1. The van der Waals surface area contributed by atoms with Gasteiger partial charge in [-0.05, 0) is 24.1 Å². The SMILES string of the molecule is COc1c(C(=O)C#Cc2ccccc2)ccnc1Cl. The summed E-state index contributed by atoms with van der Waals surface area (Å²) < 4.78 is 5.07. The highest BCUT2D eigenvalue weighted by molar-refractivity contribution is 6.31. The Hall–Kier alpha value is -2.31. The topological polar surface area (TPSA) is 39.2 Å². The van der Waals surface area contributed by atoms with Crippen molar-refractivity contribution in [2.45, 2.75) is 0 Å². The number of hydrogen-bond acceptors (Lipinski definition) is 3. The molecule has 19 heavy (non-hydrogen) atoms. The van der Waals surface area contributed by atoms with Crippen molar-refractivity contribution in [1.82, 2.24) is 4.98 Å². The molecule has 0 amide bonds. The molecule has 0 N–H and O–H groups in total. The van der Waals surface area contributed by atoms with Crippen molar-refractivity contribution in [2.24, 2.45) is 0 Å². The van der Waals surface area contributed by atoms with Gasteiger partial charge in [-0.15, -0.1) is 0 Å². The van der Waals surface area contributed by atoms with E-state index in [0.29, 0.717) is 5.56 Å². The average molecular weight is 272 g/mol. The first-order chi connectivity index (χ1) is 9.22. The lowest BCUT2D eigenvalue weighted by Gasteiger charge is -2.05. The van der Waals surface area contributed by atoms with Gasteiger partial charge in [0, 0.05) is 11.8 Å². The summed E-state index contributed by atoms with van der Waals surface area (Å²) in [6, 6.07) is 10.8. The van der Waals surface area contributed by atoms with Crippen LogP contribution in [0.1, 0.15) is 15.9 Å². The summed E-state index contributed by atoms with van der Waals surface area (Å²) in [7, 11) is 1.43. The number of ketones is 1. The fraction of sp³-hybridized carbons (Fsp3) is 0.0667. The molecular weight excluding hydrogens is 262 g/mol. The molecular formula is C15H10ClNO2. The molecule has 2 rings (SSSR count). The Labute approximate surface area is 116 Å². The van der Waals surface area contributed by atoms with Crippen LogP contribution in [0.25, 0.3) is 0 Å². The van der Waals surface area contributed by atoms with E-state index in [2.05, 4.69) is 16.8 Å². The van der Waals surface area contributed by atoms with Gasteiger partial charge >= 0.3 is 0 Å². The minimum absolute atomic E-state index is 0.148. The lowest BCUT2D eigenvalue weighted by molar-refractivity contribution is 0.105. The highest BCUT2D eigenvalue weighted by Crippen LogP contribution is 2.26. The van der Waals surface area contributed by atoms with Crippen LogP contribution in [0.4, 0.5) is 0 Å². The molecule has 0 fully saturated rings. The second-order valence-corrected chi connectivity index (χ2v) is 3.99. The molecule has 1 heterocycles. The highest BCUT2D eigenvalue weighted by atomic mass is 35.5. The van der Waals surface area contributed by atoms with E-state index in [-0.39, 0.29) is 16.7 Å². The maximum absolute atomic E-state index is 12.0. The number of halogens is 1. The third-order valence-electron chi connectivity index (χ3n) is 2.40. The van der Waals surface area contributed by atoms with Crippen molar-refractivity contribution in [2.75, 3.05) is 7.11 Å². The van der Waals surface area contributed by atoms with Crippen LogP contribution in [0.5, 0.6) is 5.75 Å². The molecule has 0 unspecified atom stereocenters. The third kappa shape index (κ3) is 3.12. The molecule has 0 saturated carbocycles. The number of nitrogens with zero attached hydrogens (tertiary/aromatic N) is 1. The minimum Gasteiger partial charge on any atom is -0.493 e. The maximum Gasteiger partial charge on any atom is 0.240 e. The molecule has 0 aliphatic carbocycles. The van der Waals surface area contributed by atoms with E-state index in [0.717, 1.165) is 5.56 Å². The van der Waals surface area contributed by atoms with Crippen LogP contribution in [-0.2, 0) is 0 Å². The lowest BCUT2D eigenvalue weighted by Crippen LogP contribution is -2.01. The van der Waals surface area contributed by atoms with Gasteiger partial charge in [0.1, 0.15) is 0 Å². The molecule has 94 valence electrons. The molecule has 1 aromatic carbocycles. The monoisotopic (exact) mass is 271 g/mol. The summed E-state index contributed by atoms with van der Waals surface area (Å²) in [5, 5.41) is 0.148. The van der Waals surface area contributed by atoms with Crippen LogP contribution in [0.2, 0.25) is 5.15 Å². The van der Waals surface area contributed by atoms with Crippen LogP contribution in [0, 0.1) is 11.8 Å². The predicted octanol–water partition coefficient (Wildman–Crippen LogP) is 2.98. The van der Waals surface area contributed by atoms with E-state index in [4.69, 9.17) is 16.3 Å². The zero-order chi connectivity index (χ0) is 13.7. The number of hydrogen-bond donors (Lipinski definition) is 0. The highest BCUT2D eigenvalue weighted by Gasteiger charge is 2.13. The van der Waals surface area contributed by atoms with Gasteiger partial charge in [0.05, 0.1) is 12.7 Å². The second kappa shape index (κ2) is 6.03. The standard InChI is InChI=1S/C15H10ClNO2/c1-19-14-12(9-10-17-15(14)16)13(18)8-7-11-5-3-2-4-6-11/h2-6,9-10H,1H3. The quantitative estimate of drug-likeness (QED) is 0.479. The summed E-state index contributed by atoms with van der Waals surface area (Å²) in [6.07, 6.45) is 1.45. The van der Waals surface area contributed by atoms with Crippen molar-refractivity contribution >= 4 is 17.4 Å². The fourth-order valence-electron chi connectivity index (χ4n) is 1.51. The van der Waals surface area contributed by atoms with Gasteiger partial charge in [-0.1, -0.05) is 35.7 Å². The zero-order valence-corrected chi connectivity index (χ0v) is 10.9. The van der Waals surface area contributed by atoms with Gasteiger partial charge < -0.3 is 4.74 Å². The molecule has 0 radical (unpaired) electrons. The van der Waals surface area contributed by atoms with E-state index in [1.165, 1.54) is 19.4 Å².